The van der Waals surface area contributed by atoms with Crippen molar-refractivity contribution >= 4 is 23.0 Å². The quantitative estimate of drug-likeness (QED) is 0.755. The van der Waals surface area contributed by atoms with Crippen LogP contribution in [0.15, 0.2) is 6.07 Å². The normalized spacial score (nSPS) is 10.5. The molecular formula is C7H7F2NO2S. The first kappa shape index (κ1) is 9.91. The van der Waals surface area contributed by atoms with Crippen LogP contribution in [-0.2, 0) is 4.74 Å². The van der Waals surface area contributed by atoms with Gasteiger partial charge in [-0.15, -0.1) is 11.3 Å². The molecule has 0 amide bonds. The fourth-order valence-corrected chi connectivity index (χ4v) is 1.56. The van der Waals surface area contributed by atoms with Crippen LogP contribution in [-0.4, -0.2) is 12.6 Å². The second-order valence-electron chi connectivity index (χ2n) is 2.29. The van der Waals surface area contributed by atoms with Gasteiger partial charge in [0.15, 0.2) is 0 Å². The van der Waals surface area contributed by atoms with Gasteiger partial charge in [-0.3, -0.25) is 0 Å². The maximum absolute atomic E-state index is 11.6. The lowest BCUT2D eigenvalue weighted by Gasteiger charge is -1.98. The van der Waals surface area contributed by atoms with Crippen molar-refractivity contribution < 1.29 is 18.3 Å². The third-order valence-electron chi connectivity index (χ3n) is 1.35. The first-order valence-electron chi connectivity index (χ1n) is 3.35. The molecule has 0 bridgehead atoms. The zero-order valence-corrected chi connectivity index (χ0v) is 7.53. The van der Waals surface area contributed by atoms with Crippen molar-refractivity contribution in [2.75, 3.05) is 5.73 Å². The van der Waals surface area contributed by atoms with Crippen LogP contribution in [0.5, 0.6) is 0 Å². The van der Waals surface area contributed by atoms with Crippen molar-refractivity contribution in [2.45, 2.75) is 13.5 Å². The van der Waals surface area contributed by atoms with Gasteiger partial charge in [0.05, 0.1) is 0 Å². The molecule has 6 heteroatoms. The van der Waals surface area contributed by atoms with Gasteiger partial charge in [-0.1, -0.05) is 0 Å². The van der Waals surface area contributed by atoms with Crippen molar-refractivity contribution in [3.63, 3.8) is 0 Å². The van der Waals surface area contributed by atoms with Crippen LogP contribution in [0, 0.1) is 6.92 Å². The Morgan fingerprint density at radius 1 is 1.69 bits per heavy atom. The molecule has 72 valence electrons. The molecule has 0 aliphatic carbocycles. The average Bonchev–Trinajstić information content (AvgIpc) is 2.31. The van der Waals surface area contributed by atoms with Gasteiger partial charge in [0.25, 0.3) is 0 Å². The molecule has 0 fully saturated rings. The standard InChI is InChI=1S/C7H7F2NO2S/c1-3-4(10)2-5(13-3)6(11)12-7(8)9/h2,7H,10H2,1H3. The minimum atomic E-state index is -3.09. The van der Waals surface area contributed by atoms with Crippen molar-refractivity contribution in [1.82, 2.24) is 0 Å². The number of nitrogens with two attached hydrogens (primary N) is 1. The van der Waals surface area contributed by atoms with Gasteiger partial charge in [0.2, 0.25) is 0 Å². The Kier molecular flexibility index (Phi) is 2.82. The van der Waals surface area contributed by atoms with Crippen LogP contribution in [0.3, 0.4) is 0 Å². The molecule has 0 unspecified atom stereocenters. The highest BCUT2D eigenvalue weighted by Crippen LogP contribution is 2.24. The highest BCUT2D eigenvalue weighted by Gasteiger charge is 2.16. The first-order valence-corrected chi connectivity index (χ1v) is 4.17. The highest BCUT2D eigenvalue weighted by atomic mass is 32.1. The summed E-state index contributed by atoms with van der Waals surface area (Å²) in [5.74, 6) is -1.04. The first-order chi connectivity index (χ1) is 6.00. The molecule has 1 aromatic heterocycles. The molecule has 0 saturated heterocycles. The zero-order chi connectivity index (χ0) is 10.0. The summed E-state index contributed by atoms with van der Waals surface area (Å²) in [7, 11) is 0. The number of carbonyl (C=O) groups is 1. The summed E-state index contributed by atoms with van der Waals surface area (Å²) in [6.07, 6.45) is 0. The van der Waals surface area contributed by atoms with E-state index in [-0.39, 0.29) is 4.88 Å². The van der Waals surface area contributed by atoms with Gasteiger partial charge in [-0.05, 0) is 13.0 Å². The van der Waals surface area contributed by atoms with E-state index in [9.17, 15) is 13.6 Å². The molecule has 1 aromatic rings. The predicted molar refractivity (Wildman–Crippen MR) is 44.9 cm³/mol. The molecule has 0 aromatic carbocycles. The number of hydrogen-bond acceptors (Lipinski definition) is 4. The molecule has 13 heavy (non-hydrogen) atoms. The predicted octanol–water partition coefficient (Wildman–Crippen LogP) is 2.02. The maximum Gasteiger partial charge on any atom is 0.389 e. The summed E-state index contributed by atoms with van der Waals surface area (Å²) in [5, 5.41) is 0. The van der Waals surface area contributed by atoms with Crippen molar-refractivity contribution in [2.24, 2.45) is 0 Å². The van der Waals surface area contributed by atoms with E-state index in [0.29, 0.717) is 10.6 Å². The molecule has 1 rings (SSSR count). The molecule has 0 atom stereocenters. The van der Waals surface area contributed by atoms with Crippen molar-refractivity contribution in [1.29, 1.82) is 0 Å². The molecule has 0 aliphatic heterocycles. The lowest BCUT2D eigenvalue weighted by molar-refractivity contribution is -0.0903. The van der Waals surface area contributed by atoms with Crippen molar-refractivity contribution in [3.05, 3.63) is 15.8 Å². The van der Waals surface area contributed by atoms with E-state index in [2.05, 4.69) is 4.74 Å². The number of aryl methyl sites for hydroxylation is 1. The summed E-state index contributed by atoms with van der Waals surface area (Å²) in [6, 6.07) is 1.32. The van der Waals surface area contributed by atoms with Gasteiger partial charge in [0, 0.05) is 10.6 Å². The van der Waals surface area contributed by atoms with Crippen LogP contribution >= 0.6 is 11.3 Å². The van der Waals surface area contributed by atoms with E-state index in [1.807, 2.05) is 0 Å². The third kappa shape index (κ3) is 2.38. The Morgan fingerprint density at radius 2 is 2.31 bits per heavy atom. The van der Waals surface area contributed by atoms with E-state index >= 15 is 0 Å². The van der Waals surface area contributed by atoms with E-state index in [0.717, 1.165) is 11.3 Å². The van der Waals surface area contributed by atoms with Gasteiger partial charge >= 0.3 is 12.6 Å². The number of anilines is 1. The molecular weight excluding hydrogens is 200 g/mol. The number of hydrogen-bond donors (Lipinski definition) is 1. The largest absolute Gasteiger partial charge is 0.399 e. The minimum Gasteiger partial charge on any atom is -0.399 e. The molecule has 0 saturated carbocycles. The SMILES string of the molecule is Cc1sc(C(=O)OC(F)F)cc1N. The number of carbonyl (C=O) groups excluding carboxylic acids is 1. The molecule has 0 spiro atoms. The maximum atomic E-state index is 11.6. The van der Waals surface area contributed by atoms with E-state index in [1.165, 1.54) is 6.07 Å². The molecule has 0 aliphatic rings. The lowest BCUT2D eigenvalue weighted by atomic mass is 10.4. The smallest absolute Gasteiger partial charge is 0.389 e. The van der Waals surface area contributed by atoms with Gasteiger partial charge < -0.3 is 10.5 Å². The fourth-order valence-electron chi connectivity index (χ4n) is 0.736. The van der Waals surface area contributed by atoms with Gasteiger partial charge in [0.1, 0.15) is 4.88 Å². The number of esters is 1. The average molecular weight is 207 g/mol. The number of alkyl halides is 2. The van der Waals surface area contributed by atoms with Crippen LogP contribution in [0.2, 0.25) is 0 Å². The number of nitrogen functional groups attached to an aromatic ring is 1. The highest BCUT2D eigenvalue weighted by molar-refractivity contribution is 7.14. The second-order valence-corrected chi connectivity index (χ2v) is 3.54. The monoisotopic (exact) mass is 207 g/mol. The van der Waals surface area contributed by atoms with Gasteiger partial charge in [-0.2, -0.15) is 8.78 Å². The number of ether oxygens (including phenoxy) is 1. The summed E-state index contributed by atoms with van der Waals surface area (Å²) < 4.78 is 26.9. The molecule has 2 N–H and O–H groups in total. The Balaban J connectivity index is 2.77. The third-order valence-corrected chi connectivity index (χ3v) is 2.40. The number of rotatable bonds is 2. The second kappa shape index (κ2) is 3.69. The molecule has 1 heterocycles. The molecule has 3 nitrogen and oxygen atoms in total. The van der Waals surface area contributed by atoms with Crippen molar-refractivity contribution in [3.8, 4) is 0 Å². The van der Waals surface area contributed by atoms with Crippen LogP contribution in [0.25, 0.3) is 0 Å². The Hall–Kier alpha value is -1.17. The van der Waals surface area contributed by atoms with Crippen LogP contribution in [0.4, 0.5) is 14.5 Å². The summed E-state index contributed by atoms with van der Waals surface area (Å²) in [6.45, 7) is -1.39. The Labute approximate surface area is 77.1 Å². The van der Waals surface area contributed by atoms with E-state index in [4.69, 9.17) is 5.73 Å². The topological polar surface area (TPSA) is 52.3 Å². The number of thiophene rings is 1. The molecule has 0 radical (unpaired) electrons. The minimum absolute atomic E-state index is 0.0929. The summed E-state index contributed by atoms with van der Waals surface area (Å²) >= 11 is 1.03. The Morgan fingerprint density at radius 3 is 2.69 bits per heavy atom. The van der Waals surface area contributed by atoms with E-state index < -0.39 is 12.6 Å². The summed E-state index contributed by atoms with van der Waals surface area (Å²) in [5.41, 5.74) is 5.83. The van der Waals surface area contributed by atoms with Gasteiger partial charge in [-0.25, -0.2) is 4.79 Å². The fraction of sp³-hybridized carbons (Fsp3) is 0.286. The lowest BCUT2D eigenvalue weighted by Crippen LogP contribution is -2.07. The Bertz CT molecular complexity index is 305. The summed E-state index contributed by atoms with van der Waals surface area (Å²) in [4.78, 5) is 11.7. The van der Waals surface area contributed by atoms with E-state index in [1.54, 1.807) is 6.92 Å². The van der Waals surface area contributed by atoms with Crippen LogP contribution < -0.4 is 5.73 Å². The zero-order valence-electron chi connectivity index (χ0n) is 6.71. The number of halogens is 2. The van der Waals surface area contributed by atoms with Crippen LogP contribution in [0.1, 0.15) is 14.5 Å².